The van der Waals surface area contributed by atoms with E-state index in [2.05, 4.69) is 0 Å². The van der Waals surface area contributed by atoms with Crippen molar-refractivity contribution in [2.45, 2.75) is 39.5 Å². The van der Waals surface area contributed by atoms with Gasteiger partial charge in [-0.2, -0.15) is 4.31 Å². The average Bonchev–Trinajstić information content (AvgIpc) is 2.89. The van der Waals surface area contributed by atoms with Crippen LogP contribution in [0.4, 0.5) is 0 Å². The Morgan fingerprint density at radius 3 is 1.52 bits per heavy atom. The highest BCUT2D eigenvalue weighted by atomic mass is 32.2. The van der Waals surface area contributed by atoms with Gasteiger partial charge in [-0.05, 0) is 46.2 Å². The molecule has 164 valence electrons. The van der Waals surface area contributed by atoms with Gasteiger partial charge in [-0.3, -0.25) is 9.59 Å². The molecule has 31 heavy (non-hydrogen) atoms. The molecule has 0 aliphatic carbocycles. The predicted octanol–water partition coefficient (Wildman–Crippen LogP) is 5.05. The summed E-state index contributed by atoms with van der Waals surface area (Å²) in [6.07, 6.45) is 16.4. The number of sulfonamides is 1. The van der Waals surface area contributed by atoms with Crippen LogP contribution in [0.25, 0.3) is 6.08 Å². The van der Waals surface area contributed by atoms with Crippen molar-refractivity contribution in [3.63, 3.8) is 0 Å². The van der Waals surface area contributed by atoms with Gasteiger partial charge in [0.25, 0.3) is 21.8 Å². The number of allylic oxidation sites excluding steroid dienone is 5. The molecule has 1 saturated heterocycles. The van der Waals surface area contributed by atoms with E-state index >= 15 is 0 Å². The molecule has 1 fully saturated rings. The topological polar surface area (TPSA) is 71.5 Å². The van der Waals surface area contributed by atoms with Crippen LogP contribution in [0.2, 0.25) is 0 Å². The quantitative estimate of drug-likeness (QED) is 0.440. The summed E-state index contributed by atoms with van der Waals surface area (Å²) in [5.74, 6) is -1.61. The number of rotatable bonds is 7. The number of hydrogen-bond donors (Lipinski definition) is 0. The monoisotopic (exact) mass is 439 g/mol. The molecule has 0 saturated carbocycles. The van der Waals surface area contributed by atoms with Crippen LogP contribution in [-0.2, 0) is 19.6 Å². The highest BCUT2D eigenvalue weighted by molar-refractivity contribution is 7.90. The van der Waals surface area contributed by atoms with Gasteiger partial charge < -0.3 is 0 Å². The zero-order valence-corrected chi connectivity index (χ0v) is 19.4. The average molecular weight is 440 g/mol. The summed E-state index contributed by atoms with van der Waals surface area (Å²) in [6, 6.07) is 6.31. The van der Waals surface area contributed by atoms with Gasteiger partial charge in [0.05, 0.1) is 4.90 Å². The van der Waals surface area contributed by atoms with Crippen LogP contribution in [0.1, 0.15) is 40.2 Å². The van der Waals surface area contributed by atoms with Crippen molar-refractivity contribution >= 4 is 27.9 Å². The van der Waals surface area contributed by atoms with Crippen LogP contribution in [0.15, 0.2) is 83.8 Å². The molecule has 0 aromatic heterocycles. The fraction of sp³-hybridized carbons (Fsp3) is 0.280. The van der Waals surface area contributed by atoms with E-state index in [0.717, 1.165) is 0 Å². The van der Waals surface area contributed by atoms with E-state index in [9.17, 15) is 18.0 Å². The first kappa shape index (κ1) is 24.3. The van der Waals surface area contributed by atoms with E-state index in [1.165, 1.54) is 6.07 Å². The highest BCUT2D eigenvalue weighted by Crippen LogP contribution is 2.54. The van der Waals surface area contributed by atoms with Gasteiger partial charge in [-0.15, -0.1) is 0 Å². The van der Waals surface area contributed by atoms with Crippen LogP contribution in [0.5, 0.6) is 0 Å². The van der Waals surface area contributed by atoms with E-state index in [-0.39, 0.29) is 4.90 Å². The number of hydrogen-bond acceptors (Lipinski definition) is 4. The summed E-state index contributed by atoms with van der Waals surface area (Å²) in [6.45, 7) is 8.70. The lowest BCUT2D eigenvalue weighted by Crippen LogP contribution is -2.39. The van der Waals surface area contributed by atoms with E-state index in [1.54, 1.807) is 114 Å². The zero-order chi connectivity index (χ0) is 23.3. The molecule has 2 rings (SSSR count). The zero-order valence-electron chi connectivity index (χ0n) is 18.6. The van der Waals surface area contributed by atoms with Crippen molar-refractivity contribution in [3.05, 3.63) is 84.5 Å². The molecule has 1 heterocycles. The van der Waals surface area contributed by atoms with E-state index < -0.39 is 32.7 Å². The van der Waals surface area contributed by atoms with Gasteiger partial charge in [0.1, 0.15) is 10.8 Å². The molecule has 2 amide bonds. The van der Waals surface area contributed by atoms with Crippen molar-refractivity contribution in [1.82, 2.24) is 4.31 Å². The molecule has 1 aromatic carbocycles. The van der Waals surface area contributed by atoms with Gasteiger partial charge in [-0.1, -0.05) is 79.0 Å². The summed E-state index contributed by atoms with van der Waals surface area (Å²) >= 11 is 0. The maximum Gasteiger partial charge on any atom is 0.273 e. The number of carbonyl (C=O) groups excluding carboxylic acids is 2. The van der Waals surface area contributed by atoms with Gasteiger partial charge in [0.15, 0.2) is 0 Å². The minimum atomic E-state index is -4.46. The summed E-state index contributed by atoms with van der Waals surface area (Å²) < 4.78 is 27.8. The number of amides is 2. The minimum Gasteiger partial charge on any atom is -0.272 e. The fourth-order valence-electron chi connectivity index (χ4n) is 4.13. The summed E-state index contributed by atoms with van der Waals surface area (Å²) in [7, 11) is -4.46. The molecular formula is C25H29NO4S. The Labute approximate surface area is 185 Å². The Morgan fingerprint density at radius 2 is 1.13 bits per heavy atom. The second-order valence-electron chi connectivity index (χ2n) is 7.16. The van der Waals surface area contributed by atoms with E-state index in [0.29, 0.717) is 9.87 Å². The van der Waals surface area contributed by atoms with Gasteiger partial charge in [-0.25, -0.2) is 8.42 Å². The summed E-state index contributed by atoms with van der Waals surface area (Å²) in [4.78, 5) is 27.5. The molecule has 1 aliphatic rings. The molecule has 0 radical (unpaired) electrons. The molecule has 0 atom stereocenters. The van der Waals surface area contributed by atoms with Crippen LogP contribution in [0.3, 0.4) is 0 Å². The van der Waals surface area contributed by atoms with Crippen LogP contribution >= 0.6 is 0 Å². The van der Waals surface area contributed by atoms with Crippen molar-refractivity contribution in [3.8, 4) is 0 Å². The molecule has 0 bridgehead atoms. The molecule has 6 heteroatoms. The van der Waals surface area contributed by atoms with Crippen molar-refractivity contribution in [2.24, 2.45) is 10.8 Å². The Balaban J connectivity index is 2.95. The smallest absolute Gasteiger partial charge is 0.272 e. The van der Waals surface area contributed by atoms with Crippen LogP contribution in [0, 0.1) is 10.8 Å². The van der Waals surface area contributed by atoms with Crippen molar-refractivity contribution < 1.29 is 18.0 Å². The van der Waals surface area contributed by atoms with Crippen LogP contribution in [-0.4, -0.2) is 24.5 Å². The predicted molar refractivity (Wildman–Crippen MR) is 124 cm³/mol. The lowest BCUT2D eigenvalue weighted by Gasteiger charge is -2.33. The second-order valence-corrected chi connectivity index (χ2v) is 8.91. The minimum absolute atomic E-state index is 0.0959. The molecule has 1 aromatic rings. The van der Waals surface area contributed by atoms with Gasteiger partial charge in [0.2, 0.25) is 0 Å². The van der Waals surface area contributed by atoms with E-state index in [1.807, 2.05) is 0 Å². The number of nitrogens with zero attached hydrogens (tertiary/aromatic N) is 1. The van der Waals surface area contributed by atoms with Crippen molar-refractivity contribution in [1.29, 1.82) is 0 Å². The third kappa shape index (κ3) is 3.65. The molecule has 0 unspecified atom stereocenters. The normalized spacial score (nSPS) is 25.5. The first-order chi connectivity index (χ1) is 14.7. The first-order valence-corrected chi connectivity index (χ1v) is 11.6. The Kier molecular flexibility index (Phi) is 7.39. The standard InChI is InChI=1S/C25H29NO4S/c1-6-13-20-14-11-12-15-21(20)31(29,30)26-22(27)24(16-7-2,17-8-3)25(18-9-4,19-10-5)23(26)28/h6-19H,1-5H3. The SMILES string of the molecule is CC=Cc1ccccc1S(=O)(=O)N1C(=O)C(C=CC)(C=CC)C(C=CC)(C=CC)C1=O. The van der Waals surface area contributed by atoms with Gasteiger partial charge >= 0.3 is 0 Å². The second kappa shape index (κ2) is 9.43. The lowest BCUT2D eigenvalue weighted by atomic mass is 9.63. The fourth-order valence-corrected chi connectivity index (χ4v) is 5.75. The molecule has 1 aliphatic heterocycles. The summed E-state index contributed by atoms with van der Waals surface area (Å²) in [5.41, 5.74) is -2.60. The first-order valence-electron chi connectivity index (χ1n) is 10.1. The number of carbonyl (C=O) groups is 2. The van der Waals surface area contributed by atoms with Gasteiger partial charge in [0, 0.05) is 0 Å². The maximum atomic E-state index is 13.8. The molecule has 0 spiro atoms. The maximum absolute atomic E-state index is 13.8. The number of imide groups is 1. The summed E-state index contributed by atoms with van der Waals surface area (Å²) in [5, 5.41) is 0. The van der Waals surface area contributed by atoms with Crippen LogP contribution < -0.4 is 0 Å². The third-order valence-electron chi connectivity index (χ3n) is 5.26. The molecule has 0 N–H and O–H groups in total. The molecule has 5 nitrogen and oxygen atoms in total. The largest absolute Gasteiger partial charge is 0.273 e. The highest BCUT2D eigenvalue weighted by Gasteiger charge is 2.67. The Hall–Kier alpha value is -2.99. The third-order valence-corrected chi connectivity index (χ3v) is 7.00. The molecular weight excluding hydrogens is 410 g/mol. The Bertz CT molecular complexity index is 1030. The lowest BCUT2D eigenvalue weighted by molar-refractivity contribution is -0.134. The van der Waals surface area contributed by atoms with Crippen molar-refractivity contribution in [2.75, 3.05) is 0 Å². The number of benzene rings is 1. The van der Waals surface area contributed by atoms with E-state index in [4.69, 9.17) is 0 Å². The Morgan fingerprint density at radius 1 is 0.710 bits per heavy atom.